The number of esters is 1. The number of nitrogens with zero attached hydrogens (tertiary/aromatic N) is 1. The van der Waals surface area contributed by atoms with Crippen molar-refractivity contribution in [3.8, 4) is 0 Å². The third-order valence-corrected chi connectivity index (χ3v) is 4.69. The van der Waals surface area contributed by atoms with Crippen LogP contribution in [0.4, 0.5) is 5.69 Å². The number of nitrogens with one attached hydrogen (secondary N) is 1. The van der Waals surface area contributed by atoms with Crippen molar-refractivity contribution >= 4 is 34.1 Å². The molecule has 0 aliphatic heterocycles. The van der Waals surface area contributed by atoms with Crippen molar-refractivity contribution < 1.29 is 22.9 Å². The Morgan fingerprint density at radius 3 is 2.52 bits per heavy atom. The van der Waals surface area contributed by atoms with E-state index in [1.807, 2.05) is 0 Å². The third kappa shape index (κ3) is 6.24. The predicted molar refractivity (Wildman–Crippen MR) is 94.5 cm³/mol. The molecule has 0 bridgehead atoms. The van der Waals surface area contributed by atoms with Crippen molar-refractivity contribution in [1.82, 2.24) is 4.72 Å². The first-order valence-corrected chi connectivity index (χ1v) is 8.79. The van der Waals surface area contributed by atoms with Gasteiger partial charge in [-0.05, 0) is 33.3 Å². The van der Waals surface area contributed by atoms with Gasteiger partial charge in [0.1, 0.15) is 0 Å². The smallest absolute Gasteiger partial charge is 0.338 e. The van der Waals surface area contributed by atoms with Crippen LogP contribution in [0.3, 0.4) is 0 Å². The maximum Gasteiger partial charge on any atom is 0.338 e. The van der Waals surface area contributed by atoms with Crippen molar-refractivity contribution in [2.24, 2.45) is 5.73 Å². The zero-order valence-corrected chi connectivity index (χ0v) is 15.8. The minimum Gasteiger partial charge on any atom is -0.462 e. The molecule has 1 aromatic carbocycles. The first-order chi connectivity index (χ1) is 11.1. The molecule has 0 saturated heterocycles. The van der Waals surface area contributed by atoms with E-state index in [-0.39, 0.29) is 47.6 Å². The molecule has 1 aromatic rings. The molecule has 25 heavy (non-hydrogen) atoms. The predicted octanol–water partition coefficient (Wildman–Crippen LogP) is 1.52. The Labute approximate surface area is 152 Å². The summed E-state index contributed by atoms with van der Waals surface area (Å²) in [4.78, 5) is 22.0. The fourth-order valence-electron chi connectivity index (χ4n) is 1.94. The highest BCUT2D eigenvalue weighted by molar-refractivity contribution is 7.89. The largest absolute Gasteiger partial charge is 0.462 e. The summed E-state index contributed by atoms with van der Waals surface area (Å²) in [7, 11) is -4.02. The number of carbonyl (C=O) groups is 1. The van der Waals surface area contributed by atoms with E-state index in [1.54, 1.807) is 13.8 Å². The molecular formula is C14H22ClN3O6S. The van der Waals surface area contributed by atoms with Crippen LogP contribution < -0.4 is 10.5 Å². The van der Waals surface area contributed by atoms with Crippen molar-refractivity contribution in [2.45, 2.75) is 38.1 Å². The van der Waals surface area contributed by atoms with Crippen LogP contribution in [0.25, 0.3) is 0 Å². The van der Waals surface area contributed by atoms with Gasteiger partial charge >= 0.3 is 5.97 Å². The van der Waals surface area contributed by atoms with Gasteiger partial charge in [-0.25, -0.2) is 17.9 Å². The molecule has 0 radical (unpaired) electrons. The van der Waals surface area contributed by atoms with Gasteiger partial charge in [0.15, 0.2) is 0 Å². The zero-order chi connectivity index (χ0) is 18.5. The highest BCUT2D eigenvalue weighted by Crippen LogP contribution is 2.27. The van der Waals surface area contributed by atoms with E-state index < -0.39 is 26.6 Å². The van der Waals surface area contributed by atoms with E-state index in [9.17, 15) is 23.3 Å². The second-order valence-corrected chi connectivity index (χ2v) is 7.02. The maximum absolute atomic E-state index is 12.3. The SMILES string of the molecule is CCOC(=O)c1cc(S(=O)(=O)NCCC(C)N)cc([N+](=O)[O-])c1C.Cl. The van der Waals surface area contributed by atoms with Crippen LogP contribution in [-0.4, -0.2) is 38.5 Å². The first-order valence-electron chi connectivity index (χ1n) is 7.31. The molecule has 3 N–H and O–H groups in total. The molecule has 1 unspecified atom stereocenters. The van der Waals surface area contributed by atoms with Crippen LogP contribution in [-0.2, 0) is 14.8 Å². The summed E-state index contributed by atoms with van der Waals surface area (Å²) >= 11 is 0. The number of rotatable bonds is 8. The molecule has 0 spiro atoms. The molecule has 1 atom stereocenters. The van der Waals surface area contributed by atoms with E-state index in [4.69, 9.17) is 10.5 Å². The lowest BCUT2D eigenvalue weighted by atomic mass is 10.1. The number of carbonyl (C=O) groups excluding carboxylic acids is 1. The van der Waals surface area contributed by atoms with E-state index in [0.29, 0.717) is 6.42 Å². The molecule has 9 nitrogen and oxygen atoms in total. The van der Waals surface area contributed by atoms with Crippen LogP contribution >= 0.6 is 12.4 Å². The minimum atomic E-state index is -4.02. The Hall–Kier alpha value is -1.75. The fourth-order valence-corrected chi connectivity index (χ4v) is 3.04. The van der Waals surface area contributed by atoms with Crippen LogP contribution in [0, 0.1) is 17.0 Å². The monoisotopic (exact) mass is 395 g/mol. The van der Waals surface area contributed by atoms with Gasteiger partial charge in [0, 0.05) is 24.2 Å². The van der Waals surface area contributed by atoms with Crippen LogP contribution in [0.5, 0.6) is 0 Å². The Balaban J connectivity index is 0.00000576. The van der Waals surface area contributed by atoms with Crippen molar-refractivity contribution in [1.29, 1.82) is 0 Å². The number of halogens is 1. The van der Waals surface area contributed by atoms with Gasteiger partial charge in [-0.1, -0.05) is 0 Å². The standard InChI is InChI=1S/C14H21N3O6S.ClH/c1-4-23-14(18)12-7-11(8-13(10(12)3)17(19)20)24(21,22)16-6-5-9(2)15;/h7-9,16H,4-6,15H2,1-3H3;1H. The van der Waals surface area contributed by atoms with Crippen LogP contribution in [0.1, 0.15) is 36.2 Å². The lowest BCUT2D eigenvalue weighted by Crippen LogP contribution is -2.29. The molecular weight excluding hydrogens is 374 g/mol. The van der Waals surface area contributed by atoms with Crippen molar-refractivity contribution in [2.75, 3.05) is 13.2 Å². The summed E-state index contributed by atoms with van der Waals surface area (Å²) in [6.07, 6.45) is 0.401. The number of nitrogens with two attached hydrogens (primary N) is 1. The van der Waals surface area contributed by atoms with Gasteiger partial charge in [0.25, 0.3) is 5.69 Å². The summed E-state index contributed by atoms with van der Waals surface area (Å²) in [5, 5.41) is 11.2. The molecule has 0 heterocycles. The highest BCUT2D eigenvalue weighted by atomic mass is 35.5. The van der Waals surface area contributed by atoms with Gasteiger partial charge in [0.2, 0.25) is 10.0 Å². The average Bonchev–Trinajstić information content (AvgIpc) is 2.46. The van der Waals surface area contributed by atoms with Crippen molar-refractivity contribution in [3.63, 3.8) is 0 Å². The molecule has 0 aliphatic carbocycles. The molecule has 0 fully saturated rings. The van der Waals surface area contributed by atoms with E-state index in [0.717, 1.165) is 12.1 Å². The summed E-state index contributed by atoms with van der Waals surface area (Å²) < 4.78 is 31.8. The first kappa shape index (κ1) is 23.2. The summed E-state index contributed by atoms with van der Waals surface area (Å²) in [6.45, 7) is 4.82. The molecule has 0 saturated carbocycles. The minimum absolute atomic E-state index is 0. The summed E-state index contributed by atoms with van der Waals surface area (Å²) in [6, 6.07) is 1.80. The number of ether oxygens (including phenoxy) is 1. The zero-order valence-electron chi connectivity index (χ0n) is 14.1. The van der Waals surface area contributed by atoms with Gasteiger partial charge in [-0.2, -0.15) is 0 Å². The summed E-state index contributed by atoms with van der Waals surface area (Å²) in [5.74, 6) is -0.814. The van der Waals surface area contributed by atoms with Gasteiger partial charge in [-0.3, -0.25) is 10.1 Å². The Bertz CT molecular complexity index is 736. The summed E-state index contributed by atoms with van der Waals surface area (Å²) in [5.41, 5.74) is 4.99. The molecule has 11 heteroatoms. The lowest BCUT2D eigenvalue weighted by Gasteiger charge is -2.11. The maximum atomic E-state index is 12.3. The van der Waals surface area contributed by atoms with Crippen LogP contribution in [0.2, 0.25) is 0 Å². The fraction of sp³-hybridized carbons (Fsp3) is 0.500. The highest BCUT2D eigenvalue weighted by Gasteiger charge is 2.26. The second-order valence-electron chi connectivity index (χ2n) is 5.26. The second kappa shape index (κ2) is 9.66. The number of sulfonamides is 1. The topological polar surface area (TPSA) is 142 Å². The van der Waals surface area contributed by atoms with E-state index in [1.165, 1.54) is 6.92 Å². The number of nitro groups is 1. The van der Waals surface area contributed by atoms with Crippen LogP contribution in [0.15, 0.2) is 17.0 Å². The van der Waals surface area contributed by atoms with E-state index >= 15 is 0 Å². The van der Waals surface area contributed by atoms with Crippen molar-refractivity contribution in [3.05, 3.63) is 33.4 Å². The molecule has 1 rings (SSSR count). The Kier molecular flexibility index (Phi) is 8.98. The Morgan fingerprint density at radius 1 is 1.44 bits per heavy atom. The third-order valence-electron chi connectivity index (χ3n) is 3.25. The number of hydrogen-bond acceptors (Lipinski definition) is 7. The molecule has 142 valence electrons. The van der Waals surface area contributed by atoms with E-state index in [2.05, 4.69) is 4.72 Å². The number of benzene rings is 1. The normalized spacial score (nSPS) is 12.2. The molecule has 0 aromatic heterocycles. The molecule has 0 aliphatic rings. The lowest BCUT2D eigenvalue weighted by molar-refractivity contribution is -0.385. The number of hydrogen-bond donors (Lipinski definition) is 2. The average molecular weight is 396 g/mol. The molecule has 0 amide bonds. The quantitative estimate of drug-likeness (QED) is 0.386. The Morgan fingerprint density at radius 2 is 2.04 bits per heavy atom. The van der Waals surface area contributed by atoms with Gasteiger partial charge in [0.05, 0.1) is 22.0 Å². The van der Waals surface area contributed by atoms with Gasteiger partial charge in [-0.15, -0.1) is 12.4 Å². The number of nitro benzene ring substituents is 1. The van der Waals surface area contributed by atoms with Gasteiger partial charge < -0.3 is 10.5 Å².